The summed E-state index contributed by atoms with van der Waals surface area (Å²) in [7, 11) is 4.75. The monoisotopic (exact) mass is 500 g/mol. The number of likely N-dealkylation sites (N-methyl/N-ethyl adjacent to an activating group) is 1. The van der Waals surface area contributed by atoms with Crippen LogP contribution in [-0.4, -0.2) is 93.2 Å². The molecule has 2 aliphatic heterocycles. The molecule has 0 bridgehead atoms. The maximum absolute atomic E-state index is 13.2. The van der Waals surface area contributed by atoms with E-state index in [2.05, 4.69) is 10.2 Å². The lowest BCUT2D eigenvalue weighted by molar-refractivity contribution is -0.140. The van der Waals surface area contributed by atoms with Gasteiger partial charge in [0, 0.05) is 51.4 Å². The highest BCUT2D eigenvalue weighted by atomic mass is 16.5. The van der Waals surface area contributed by atoms with Crippen LogP contribution in [0.4, 0.5) is 4.79 Å². The number of piperazine rings is 1. The van der Waals surface area contributed by atoms with E-state index in [4.69, 9.17) is 14.2 Å². The number of rotatable bonds is 8. The second-order valence-corrected chi connectivity index (χ2v) is 9.37. The van der Waals surface area contributed by atoms with Crippen LogP contribution in [0, 0.1) is 5.92 Å². The Bertz CT molecular complexity index is 1030. The van der Waals surface area contributed by atoms with Crippen LogP contribution in [0.15, 0.2) is 29.5 Å². The summed E-state index contributed by atoms with van der Waals surface area (Å²) < 4.78 is 16.2. The zero-order valence-electron chi connectivity index (χ0n) is 21.5. The van der Waals surface area contributed by atoms with E-state index in [1.807, 2.05) is 4.90 Å². The maximum Gasteiger partial charge on any atom is 0.338 e. The highest BCUT2D eigenvalue weighted by Gasteiger charge is 2.38. The third kappa shape index (κ3) is 5.13. The smallest absolute Gasteiger partial charge is 0.338 e. The summed E-state index contributed by atoms with van der Waals surface area (Å²) >= 11 is 0. The topological polar surface area (TPSA) is 101 Å². The lowest BCUT2D eigenvalue weighted by Crippen LogP contribution is -2.54. The lowest BCUT2D eigenvalue weighted by Gasteiger charge is -2.41. The molecular weight excluding hydrogens is 464 g/mol. The quantitative estimate of drug-likeness (QED) is 0.546. The number of esters is 1. The number of ether oxygens (including phenoxy) is 3. The summed E-state index contributed by atoms with van der Waals surface area (Å²) in [6, 6.07) is 4.30. The van der Waals surface area contributed by atoms with E-state index in [0.29, 0.717) is 61.1 Å². The van der Waals surface area contributed by atoms with E-state index in [9.17, 15) is 14.4 Å². The summed E-state index contributed by atoms with van der Waals surface area (Å²) in [5.41, 5.74) is 1.67. The Morgan fingerprint density at radius 3 is 2.33 bits per heavy atom. The molecule has 36 heavy (non-hydrogen) atoms. The number of urea groups is 1. The molecule has 3 amide bonds. The summed E-state index contributed by atoms with van der Waals surface area (Å²) in [5.74, 6) is 1.02. The molecule has 0 radical (unpaired) electrons. The lowest BCUT2D eigenvalue weighted by atomic mass is 9.84. The molecule has 2 heterocycles. The number of methoxy groups -OCH3 is 2. The van der Waals surface area contributed by atoms with Crippen LogP contribution in [0.25, 0.3) is 0 Å². The van der Waals surface area contributed by atoms with Crippen LogP contribution in [0.5, 0.6) is 11.5 Å². The first-order valence-electron chi connectivity index (χ1n) is 12.5. The molecule has 4 rings (SSSR count). The molecule has 1 saturated carbocycles. The Morgan fingerprint density at radius 2 is 1.75 bits per heavy atom. The molecule has 1 saturated heterocycles. The van der Waals surface area contributed by atoms with Crippen molar-refractivity contribution < 1.29 is 28.6 Å². The van der Waals surface area contributed by atoms with Gasteiger partial charge < -0.3 is 24.4 Å². The van der Waals surface area contributed by atoms with Gasteiger partial charge in [0.2, 0.25) is 5.91 Å². The highest BCUT2D eigenvalue weighted by molar-refractivity contribution is 5.95. The third-order valence-electron chi connectivity index (χ3n) is 7.32. The van der Waals surface area contributed by atoms with Gasteiger partial charge in [0.1, 0.15) is 0 Å². The molecular formula is C26H36N4O6. The Labute approximate surface area is 212 Å². The fourth-order valence-corrected chi connectivity index (χ4v) is 4.93. The Morgan fingerprint density at radius 1 is 1.06 bits per heavy atom. The molecule has 196 valence electrons. The van der Waals surface area contributed by atoms with Gasteiger partial charge in [-0.3, -0.25) is 14.6 Å². The summed E-state index contributed by atoms with van der Waals surface area (Å²) in [4.78, 5) is 44.5. The molecule has 3 aliphatic rings. The van der Waals surface area contributed by atoms with Gasteiger partial charge in [-0.1, -0.05) is 12.5 Å². The molecule has 1 aliphatic carbocycles. The van der Waals surface area contributed by atoms with Crippen LogP contribution in [0.2, 0.25) is 0 Å². The average molecular weight is 501 g/mol. The van der Waals surface area contributed by atoms with Crippen molar-refractivity contribution in [1.29, 1.82) is 0 Å². The normalized spacial score (nSPS) is 21.1. The van der Waals surface area contributed by atoms with E-state index in [1.54, 1.807) is 39.3 Å². The molecule has 1 atom stereocenters. The van der Waals surface area contributed by atoms with Crippen LogP contribution in [0.3, 0.4) is 0 Å². The van der Waals surface area contributed by atoms with Crippen LogP contribution in [-0.2, 0) is 14.3 Å². The molecule has 0 unspecified atom stereocenters. The number of carbonyl (C=O) groups excluding carboxylic acids is 3. The van der Waals surface area contributed by atoms with Crippen molar-refractivity contribution in [1.82, 2.24) is 20.0 Å². The fraction of sp³-hybridized carbons (Fsp3) is 0.577. The first-order valence-corrected chi connectivity index (χ1v) is 12.5. The van der Waals surface area contributed by atoms with Gasteiger partial charge in [0.25, 0.3) is 0 Å². The minimum atomic E-state index is -0.705. The first-order chi connectivity index (χ1) is 17.4. The predicted octanol–water partition coefficient (Wildman–Crippen LogP) is 2.16. The molecule has 2 fully saturated rings. The Balaban J connectivity index is 1.61. The molecule has 1 aromatic rings. The minimum Gasteiger partial charge on any atom is -0.493 e. The zero-order valence-corrected chi connectivity index (χ0v) is 21.5. The molecule has 1 N–H and O–H groups in total. The number of hydrogen-bond donors (Lipinski definition) is 1. The zero-order chi connectivity index (χ0) is 25.8. The van der Waals surface area contributed by atoms with Crippen LogP contribution < -0.4 is 14.8 Å². The van der Waals surface area contributed by atoms with Gasteiger partial charge in [-0.2, -0.15) is 0 Å². The average Bonchev–Trinajstić information content (AvgIpc) is 2.85. The molecule has 0 aromatic heterocycles. The van der Waals surface area contributed by atoms with Crippen molar-refractivity contribution in [2.24, 2.45) is 5.92 Å². The number of carbonyl (C=O) groups is 3. The van der Waals surface area contributed by atoms with Crippen molar-refractivity contribution in [3.8, 4) is 11.5 Å². The first kappa shape index (κ1) is 25.8. The minimum absolute atomic E-state index is 0.185. The third-order valence-corrected chi connectivity index (χ3v) is 7.32. The van der Waals surface area contributed by atoms with Gasteiger partial charge >= 0.3 is 12.0 Å². The van der Waals surface area contributed by atoms with E-state index >= 15 is 0 Å². The maximum atomic E-state index is 13.2. The SMILES string of the molecule is CCOC(=O)C1=C(CN2CCN(C(=O)C3CCC3)CC2)N(C)C(=O)N[C@@H]1c1ccc(OC)c(OC)c1. The van der Waals surface area contributed by atoms with E-state index in [-0.39, 0.29) is 24.5 Å². The predicted molar refractivity (Wildman–Crippen MR) is 133 cm³/mol. The Kier molecular flexibility index (Phi) is 8.03. The standard InChI is InChI=1S/C26H36N4O6/c1-5-36-25(32)22-19(16-29-11-13-30(14-12-29)24(31)17-7-6-8-17)28(2)26(33)27-23(22)18-9-10-20(34-3)21(15-18)35-4/h9-10,15,17,23H,5-8,11-14,16H2,1-4H3,(H,27,33)/t23-/m1/s1. The number of benzene rings is 1. The van der Waals surface area contributed by atoms with Crippen molar-refractivity contribution in [3.63, 3.8) is 0 Å². The van der Waals surface area contributed by atoms with Crippen molar-refractivity contribution in [2.75, 3.05) is 60.6 Å². The number of amides is 3. The van der Waals surface area contributed by atoms with Gasteiger partial charge in [-0.15, -0.1) is 0 Å². The van der Waals surface area contributed by atoms with E-state index in [1.165, 1.54) is 12.0 Å². The van der Waals surface area contributed by atoms with Crippen molar-refractivity contribution in [3.05, 3.63) is 35.0 Å². The second kappa shape index (κ2) is 11.2. The fourth-order valence-electron chi connectivity index (χ4n) is 4.93. The van der Waals surface area contributed by atoms with Gasteiger partial charge in [0.05, 0.1) is 32.4 Å². The molecule has 10 nitrogen and oxygen atoms in total. The van der Waals surface area contributed by atoms with E-state index < -0.39 is 12.0 Å². The van der Waals surface area contributed by atoms with Crippen LogP contribution >= 0.6 is 0 Å². The van der Waals surface area contributed by atoms with Crippen LogP contribution in [0.1, 0.15) is 37.8 Å². The largest absolute Gasteiger partial charge is 0.493 e. The number of nitrogens with one attached hydrogen (secondary N) is 1. The summed E-state index contributed by atoms with van der Waals surface area (Å²) in [6.45, 7) is 5.01. The van der Waals surface area contributed by atoms with Crippen molar-refractivity contribution in [2.45, 2.75) is 32.2 Å². The molecule has 1 aromatic carbocycles. The highest BCUT2D eigenvalue weighted by Crippen LogP contribution is 2.36. The van der Waals surface area contributed by atoms with Gasteiger partial charge in [0.15, 0.2) is 11.5 Å². The molecule has 10 heteroatoms. The Hall–Kier alpha value is -3.27. The number of nitrogens with zero attached hydrogens (tertiary/aromatic N) is 3. The summed E-state index contributed by atoms with van der Waals surface area (Å²) in [6.07, 6.45) is 3.12. The summed E-state index contributed by atoms with van der Waals surface area (Å²) in [5, 5.41) is 2.94. The number of hydrogen-bond acceptors (Lipinski definition) is 7. The van der Waals surface area contributed by atoms with Gasteiger partial charge in [-0.25, -0.2) is 9.59 Å². The van der Waals surface area contributed by atoms with E-state index in [0.717, 1.165) is 19.3 Å². The second-order valence-electron chi connectivity index (χ2n) is 9.37. The molecule has 0 spiro atoms. The van der Waals surface area contributed by atoms with Gasteiger partial charge in [-0.05, 0) is 37.5 Å². The van der Waals surface area contributed by atoms with Crippen molar-refractivity contribution >= 4 is 17.9 Å².